The third kappa shape index (κ3) is 4.28. The van der Waals surface area contributed by atoms with Crippen molar-refractivity contribution >= 4 is 38.0 Å². The maximum absolute atomic E-state index is 13.1. The highest BCUT2D eigenvalue weighted by Crippen LogP contribution is 2.33. The summed E-state index contributed by atoms with van der Waals surface area (Å²) in [5.41, 5.74) is 2.25. The third-order valence-electron chi connectivity index (χ3n) is 7.02. The number of para-hydroxylation sites is 1. The number of hydrogen-bond donors (Lipinski definition) is 0. The zero-order valence-electron chi connectivity index (χ0n) is 21.8. The van der Waals surface area contributed by atoms with Crippen LogP contribution in [-0.4, -0.2) is 62.4 Å². The molecule has 5 rings (SSSR count). The predicted molar refractivity (Wildman–Crippen MR) is 145 cm³/mol. The van der Waals surface area contributed by atoms with Crippen molar-refractivity contribution in [3.63, 3.8) is 0 Å². The van der Waals surface area contributed by atoms with Crippen molar-refractivity contribution in [3.8, 4) is 6.07 Å². The minimum atomic E-state index is -3.86. The van der Waals surface area contributed by atoms with Gasteiger partial charge in [0.25, 0.3) is 15.6 Å². The molecule has 13 heteroatoms. The molecule has 0 N–H and O–H groups in total. The quantitative estimate of drug-likeness (QED) is 0.366. The number of piperazine rings is 1. The maximum Gasteiger partial charge on any atom is 0.295 e. The minimum Gasteiger partial charge on any atom is -0.364 e. The van der Waals surface area contributed by atoms with Gasteiger partial charge in [-0.1, -0.05) is 23.4 Å². The van der Waals surface area contributed by atoms with Gasteiger partial charge in [-0.2, -0.15) is 13.7 Å². The molecule has 2 atom stereocenters. The van der Waals surface area contributed by atoms with E-state index in [4.69, 9.17) is 0 Å². The first-order valence-corrected chi connectivity index (χ1v) is 14.4. The molecule has 0 amide bonds. The molecule has 0 bridgehead atoms. The van der Waals surface area contributed by atoms with Gasteiger partial charge in [0.2, 0.25) is 0 Å². The van der Waals surface area contributed by atoms with Gasteiger partial charge in [-0.05, 0) is 33.8 Å². The molecular weight excluding hydrogens is 524 g/mol. The van der Waals surface area contributed by atoms with E-state index in [0.717, 1.165) is 26.3 Å². The van der Waals surface area contributed by atoms with Crippen LogP contribution in [0.15, 0.2) is 39.5 Å². The molecule has 198 valence electrons. The van der Waals surface area contributed by atoms with Gasteiger partial charge < -0.3 is 9.47 Å². The summed E-state index contributed by atoms with van der Waals surface area (Å²) >= 11 is 1.12. The van der Waals surface area contributed by atoms with Gasteiger partial charge in [-0.25, -0.2) is 4.98 Å². The van der Waals surface area contributed by atoms with E-state index in [0.29, 0.717) is 41.7 Å². The molecule has 0 aliphatic carbocycles. The summed E-state index contributed by atoms with van der Waals surface area (Å²) in [5, 5.41) is 19.5. The van der Waals surface area contributed by atoms with Crippen molar-refractivity contribution in [1.82, 2.24) is 28.9 Å². The fraction of sp³-hybridized carbons (Fsp3) is 0.400. The van der Waals surface area contributed by atoms with E-state index in [1.807, 2.05) is 24.3 Å². The van der Waals surface area contributed by atoms with E-state index in [2.05, 4.69) is 45.0 Å². The molecule has 0 radical (unpaired) electrons. The highest BCUT2D eigenvalue weighted by Gasteiger charge is 2.33. The zero-order chi connectivity index (χ0) is 27.4. The summed E-state index contributed by atoms with van der Waals surface area (Å²) in [6.45, 7) is 9.18. The Hall–Kier alpha value is -3.60. The monoisotopic (exact) mass is 552 g/mol. The van der Waals surface area contributed by atoms with Crippen molar-refractivity contribution in [2.75, 3.05) is 18.0 Å². The van der Waals surface area contributed by atoms with Crippen LogP contribution in [0.5, 0.6) is 0 Å². The Balaban J connectivity index is 1.41. The van der Waals surface area contributed by atoms with Crippen molar-refractivity contribution in [3.05, 3.63) is 62.8 Å². The van der Waals surface area contributed by atoms with E-state index >= 15 is 0 Å². The fourth-order valence-corrected chi connectivity index (χ4v) is 7.76. The van der Waals surface area contributed by atoms with Crippen LogP contribution in [0.25, 0.3) is 10.9 Å². The Kier molecular flexibility index (Phi) is 6.58. The first-order chi connectivity index (χ1) is 18.0. The first kappa shape index (κ1) is 26.0. The molecule has 11 nitrogen and oxygen atoms in total. The van der Waals surface area contributed by atoms with Crippen LogP contribution in [0.4, 0.5) is 5.69 Å². The van der Waals surface area contributed by atoms with Gasteiger partial charge >= 0.3 is 0 Å². The molecule has 1 aliphatic rings. The van der Waals surface area contributed by atoms with E-state index in [1.54, 1.807) is 20.9 Å². The lowest BCUT2D eigenvalue weighted by Crippen LogP contribution is -2.56. The summed E-state index contributed by atoms with van der Waals surface area (Å²) in [6, 6.07) is 9.79. The third-order valence-corrected chi connectivity index (χ3v) is 10.2. The summed E-state index contributed by atoms with van der Waals surface area (Å²) in [5.74, 6) is 0. The topological polar surface area (TPSA) is 130 Å². The second-order valence-corrected chi connectivity index (χ2v) is 12.9. The summed E-state index contributed by atoms with van der Waals surface area (Å²) < 4.78 is 28.7. The smallest absolute Gasteiger partial charge is 0.295 e. The van der Waals surface area contributed by atoms with E-state index in [1.165, 1.54) is 10.8 Å². The van der Waals surface area contributed by atoms with Crippen LogP contribution in [0.2, 0.25) is 0 Å². The number of aromatic nitrogens is 5. The van der Waals surface area contributed by atoms with Crippen molar-refractivity contribution < 1.29 is 8.42 Å². The number of rotatable bonds is 5. The van der Waals surface area contributed by atoms with Crippen LogP contribution in [-0.2, 0) is 23.6 Å². The lowest BCUT2D eigenvalue weighted by atomic mass is 10.0. The molecule has 1 saturated heterocycles. The normalized spacial score (nSPS) is 18.7. The Morgan fingerprint density at radius 2 is 1.89 bits per heavy atom. The number of hydrogen-bond acceptors (Lipinski definition) is 10. The molecule has 0 spiro atoms. The van der Waals surface area contributed by atoms with Crippen molar-refractivity contribution in [1.29, 1.82) is 5.26 Å². The van der Waals surface area contributed by atoms with Gasteiger partial charge in [-0.3, -0.25) is 9.69 Å². The van der Waals surface area contributed by atoms with E-state index in [-0.39, 0.29) is 27.4 Å². The zero-order valence-corrected chi connectivity index (χ0v) is 23.4. The first-order valence-electron chi connectivity index (χ1n) is 12.2. The molecule has 4 heterocycles. The lowest BCUT2D eigenvalue weighted by molar-refractivity contribution is 0.156. The number of pyridine rings is 1. The highest BCUT2D eigenvalue weighted by molar-refractivity contribution is 7.92. The van der Waals surface area contributed by atoms with Crippen LogP contribution in [0, 0.1) is 25.2 Å². The molecule has 1 fully saturated rings. The standard InChI is InChI=1S/C25H28N8O3S2/c1-15-12-32(23-20-8-6-7-9-22(20)30(5)24(34)21(23)10-26)16(2)11-31(15)13-19-14-33(29-28-19)38(35,36)25-17(3)27-18(4)37-25/h6-9,14-16H,11-13H2,1-5H3/t15-,16+/m1/s1. The summed E-state index contributed by atoms with van der Waals surface area (Å²) in [7, 11) is -2.18. The Morgan fingerprint density at radius 1 is 1.16 bits per heavy atom. The summed E-state index contributed by atoms with van der Waals surface area (Å²) in [4.78, 5) is 21.6. The maximum atomic E-state index is 13.1. The van der Waals surface area contributed by atoms with Crippen LogP contribution < -0.4 is 10.5 Å². The SMILES string of the molecule is Cc1nc(C)c(S(=O)(=O)n2cc(CN3C[C@H](C)N(c4c(C#N)c(=O)n(C)c5ccccc45)C[C@H]3C)nn2)s1. The number of benzene rings is 1. The van der Waals surface area contributed by atoms with Crippen LogP contribution >= 0.6 is 11.3 Å². The number of fused-ring (bicyclic) bond motifs is 1. The molecule has 3 aromatic heterocycles. The van der Waals surface area contributed by atoms with E-state index in [9.17, 15) is 18.5 Å². The van der Waals surface area contributed by atoms with Crippen LogP contribution in [0.1, 0.15) is 35.8 Å². The van der Waals surface area contributed by atoms with Gasteiger partial charge in [0.1, 0.15) is 11.6 Å². The van der Waals surface area contributed by atoms with Gasteiger partial charge in [0.05, 0.1) is 33.8 Å². The van der Waals surface area contributed by atoms with Crippen LogP contribution in [0.3, 0.4) is 0 Å². The predicted octanol–water partition coefficient (Wildman–Crippen LogP) is 2.41. The van der Waals surface area contributed by atoms with Crippen molar-refractivity contribution in [2.24, 2.45) is 7.05 Å². The average molecular weight is 553 g/mol. The molecule has 38 heavy (non-hydrogen) atoms. The highest BCUT2D eigenvalue weighted by atomic mass is 32.2. The molecular formula is C25H28N8O3S2. The lowest BCUT2D eigenvalue weighted by Gasteiger charge is -2.45. The van der Waals surface area contributed by atoms with E-state index < -0.39 is 10.0 Å². The number of nitrogens with zero attached hydrogens (tertiary/aromatic N) is 8. The van der Waals surface area contributed by atoms with Gasteiger partial charge in [-0.15, -0.1) is 20.5 Å². The average Bonchev–Trinajstić information content (AvgIpc) is 3.50. The Labute approximate surface area is 224 Å². The molecule has 0 saturated carbocycles. The molecule has 0 unspecified atom stereocenters. The number of nitriles is 1. The van der Waals surface area contributed by atoms with Crippen molar-refractivity contribution in [2.45, 2.75) is 50.5 Å². The molecule has 1 aromatic carbocycles. The van der Waals surface area contributed by atoms with Gasteiger partial charge in [0.15, 0.2) is 4.21 Å². The number of anilines is 1. The Morgan fingerprint density at radius 3 is 2.58 bits per heavy atom. The Bertz CT molecular complexity index is 1750. The summed E-state index contributed by atoms with van der Waals surface area (Å²) in [6.07, 6.45) is 1.45. The largest absolute Gasteiger partial charge is 0.364 e. The minimum absolute atomic E-state index is 0.0181. The fourth-order valence-electron chi connectivity index (χ4n) is 5.12. The second-order valence-electron chi connectivity index (χ2n) is 9.69. The number of aryl methyl sites for hydroxylation is 3. The molecule has 1 aliphatic heterocycles. The second kappa shape index (κ2) is 9.61. The molecule has 4 aromatic rings. The van der Waals surface area contributed by atoms with Gasteiger partial charge in [0, 0.05) is 44.2 Å². The number of thiazole rings is 1.